The minimum atomic E-state index is -0.222. The summed E-state index contributed by atoms with van der Waals surface area (Å²) in [5, 5.41) is 0. The molecule has 4 nitrogen and oxygen atoms in total. The second kappa shape index (κ2) is 4.32. The van der Waals surface area contributed by atoms with E-state index in [2.05, 4.69) is 20.8 Å². The van der Waals surface area contributed by atoms with Gasteiger partial charge in [-0.05, 0) is 58.9 Å². The van der Waals surface area contributed by atoms with E-state index in [9.17, 15) is 0 Å². The Hall–Kier alpha value is -2.36. The molecule has 0 radical (unpaired) electrons. The number of fused-ring (bicyclic) bond motifs is 1. The molecule has 2 aromatic carbocycles. The third-order valence-corrected chi connectivity index (χ3v) is 4.88. The fourth-order valence-electron chi connectivity index (χ4n) is 4.15. The highest BCUT2D eigenvalue weighted by molar-refractivity contribution is 5.70. The van der Waals surface area contributed by atoms with Crippen LogP contribution in [0.3, 0.4) is 0 Å². The normalized spacial score (nSPS) is 22.5. The summed E-state index contributed by atoms with van der Waals surface area (Å²) in [4.78, 5) is 0. The monoisotopic (exact) mass is 296 g/mol. The fraction of sp³-hybridized carbons (Fsp3) is 0.333. The molecule has 3 rings (SSSR count). The quantitative estimate of drug-likeness (QED) is 0.607. The van der Waals surface area contributed by atoms with E-state index < -0.39 is 0 Å². The average molecular weight is 296 g/mol. The zero-order valence-electron chi connectivity index (χ0n) is 13.4. The Bertz CT molecular complexity index is 744. The highest BCUT2D eigenvalue weighted by atomic mass is 14.7. The molecule has 116 valence electrons. The van der Waals surface area contributed by atoms with E-state index in [1.807, 2.05) is 24.3 Å². The van der Waals surface area contributed by atoms with Crippen LogP contribution in [0.5, 0.6) is 0 Å². The largest absolute Gasteiger partial charge is 0.399 e. The van der Waals surface area contributed by atoms with Gasteiger partial charge in [0.15, 0.2) is 0 Å². The third-order valence-electron chi connectivity index (χ3n) is 4.88. The van der Waals surface area contributed by atoms with Crippen LogP contribution in [0.2, 0.25) is 0 Å². The van der Waals surface area contributed by atoms with Crippen LogP contribution >= 0.6 is 0 Å². The average Bonchev–Trinajstić information content (AvgIpc) is 2.56. The Morgan fingerprint density at radius 2 is 1.32 bits per heavy atom. The van der Waals surface area contributed by atoms with Crippen molar-refractivity contribution in [3.63, 3.8) is 0 Å². The van der Waals surface area contributed by atoms with E-state index in [1.165, 1.54) is 5.56 Å². The molecule has 0 amide bonds. The van der Waals surface area contributed by atoms with Crippen LogP contribution < -0.4 is 22.9 Å². The van der Waals surface area contributed by atoms with Crippen molar-refractivity contribution in [3.8, 4) is 0 Å². The summed E-state index contributed by atoms with van der Waals surface area (Å²) in [5.74, 6) is 0. The first kappa shape index (κ1) is 14.6. The first-order valence-corrected chi connectivity index (χ1v) is 7.50. The molecule has 8 N–H and O–H groups in total. The van der Waals surface area contributed by atoms with E-state index >= 15 is 0 Å². The number of anilines is 4. The van der Waals surface area contributed by atoms with Crippen molar-refractivity contribution in [2.45, 2.75) is 38.0 Å². The summed E-state index contributed by atoms with van der Waals surface area (Å²) >= 11 is 0. The summed E-state index contributed by atoms with van der Waals surface area (Å²) in [5.41, 5.74) is 30.4. The van der Waals surface area contributed by atoms with Gasteiger partial charge in [0.05, 0.1) is 0 Å². The van der Waals surface area contributed by atoms with Crippen molar-refractivity contribution in [1.82, 2.24) is 0 Å². The van der Waals surface area contributed by atoms with Gasteiger partial charge in [-0.3, -0.25) is 0 Å². The molecule has 0 spiro atoms. The maximum absolute atomic E-state index is 6.34. The van der Waals surface area contributed by atoms with Gasteiger partial charge in [0, 0.05) is 28.2 Å². The fourth-order valence-corrected chi connectivity index (χ4v) is 4.15. The van der Waals surface area contributed by atoms with Crippen LogP contribution in [0.25, 0.3) is 0 Å². The third kappa shape index (κ3) is 1.98. The molecule has 0 heterocycles. The van der Waals surface area contributed by atoms with E-state index in [1.54, 1.807) is 6.07 Å². The molecular weight excluding hydrogens is 272 g/mol. The molecule has 4 heteroatoms. The predicted octanol–water partition coefficient (Wildman–Crippen LogP) is 3.00. The lowest BCUT2D eigenvalue weighted by Crippen LogP contribution is -2.24. The first-order chi connectivity index (χ1) is 10.1. The molecule has 22 heavy (non-hydrogen) atoms. The van der Waals surface area contributed by atoms with Crippen LogP contribution in [0.4, 0.5) is 22.7 Å². The van der Waals surface area contributed by atoms with Crippen LogP contribution in [-0.2, 0) is 10.8 Å². The van der Waals surface area contributed by atoms with E-state index in [0.717, 1.165) is 23.2 Å². The number of rotatable bonds is 1. The van der Waals surface area contributed by atoms with Crippen LogP contribution in [0, 0.1) is 0 Å². The number of benzene rings is 2. The van der Waals surface area contributed by atoms with E-state index in [4.69, 9.17) is 22.9 Å². The van der Waals surface area contributed by atoms with Crippen molar-refractivity contribution >= 4 is 22.7 Å². The second-order valence-corrected chi connectivity index (χ2v) is 7.31. The molecule has 0 aromatic heterocycles. The predicted molar refractivity (Wildman–Crippen MR) is 94.6 cm³/mol. The summed E-state index contributed by atoms with van der Waals surface area (Å²) in [7, 11) is 0. The number of nitrogen functional groups attached to an aromatic ring is 4. The number of hydrogen-bond acceptors (Lipinski definition) is 4. The van der Waals surface area contributed by atoms with Gasteiger partial charge in [-0.25, -0.2) is 0 Å². The van der Waals surface area contributed by atoms with Gasteiger partial charge in [-0.2, -0.15) is 0 Å². The summed E-state index contributed by atoms with van der Waals surface area (Å²) < 4.78 is 0. The molecule has 0 aliphatic heterocycles. The van der Waals surface area contributed by atoms with Crippen molar-refractivity contribution in [2.75, 3.05) is 22.9 Å². The minimum Gasteiger partial charge on any atom is -0.399 e. The molecular formula is C18H24N4. The zero-order chi connectivity index (χ0) is 16.3. The Labute approximate surface area is 131 Å². The van der Waals surface area contributed by atoms with E-state index in [-0.39, 0.29) is 10.8 Å². The molecule has 0 saturated carbocycles. The van der Waals surface area contributed by atoms with Crippen LogP contribution in [0.1, 0.15) is 43.9 Å². The smallest absolute Gasteiger partial charge is 0.0379 e. The van der Waals surface area contributed by atoms with Gasteiger partial charge in [0.2, 0.25) is 0 Å². The van der Waals surface area contributed by atoms with Gasteiger partial charge >= 0.3 is 0 Å². The van der Waals surface area contributed by atoms with Gasteiger partial charge in [-0.1, -0.05) is 20.8 Å². The standard InChI is InChI=1S/C18H24N4/c1-17(2)9-18(3,10-4-11(19)6-12(20)5-10)16-14(17)7-13(21)8-15(16)22/h4-8H,9,19-22H2,1-3H3. The molecule has 0 fully saturated rings. The summed E-state index contributed by atoms with van der Waals surface area (Å²) in [6, 6.07) is 9.66. The topological polar surface area (TPSA) is 104 Å². The van der Waals surface area contributed by atoms with Crippen molar-refractivity contribution in [1.29, 1.82) is 0 Å². The molecule has 2 aromatic rings. The van der Waals surface area contributed by atoms with Crippen LogP contribution in [0.15, 0.2) is 30.3 Å². The Balaban J connectivity index is 2.30. The summed E-state index contributed by atoms with van der Waals surface area (Å²) in [6.07, 6.45) is 0.936. The number of hydrogen-bond donors (Lipinski definition) is 4. The van der Waals surface area contributed by atoms with Gasteiger partial charge in [0.1, 0.15) is 0 Å². The number of nitrogens with two attached hydrogens (primary N) is 4. The lowest BCUT2D eigenvalue weighted by atomic mass is 9.74. The highest BCUT2D eigenvalue weighted by Crippen LogP contribution is 2.55. The molecule has 1 aliphatic carbocycles. The Kier molecular flexibility index (Phi) is 2.86. The molecule has 0 bridgehead atoms. The maximum atomic E-state index is 6.34. The van der Waals surface area contributed by atoms with Gasteiger partial charge in [-0.15, -0.1) is 0 Å². The van der Waals surface area contributed by atoms with Gasteiger partial charge < -0.3 is 22.9 Å². The minimum absolute atomic E-state index is 0.00700. The SMILES string of the molecule is CC1(C)CC(C)(c2cc(N)cc(N)c2)c2c(N)cc(N)cc21. The maximum Gasteiger partial charge on any atom is 0.0379 e. The van der Waals surface area contributed by atoms with Gasteiger partial charge in [0.25, 0.3) is 0 Å². The van der Waals surface area contributed by atoms with Crippen molar-refractivity contribution in [3.05, 3.63) is 47.0 Å². The first-order valence-electron chi connectivity index (χ1n) is 7.50. The lowest BCUT2D eigenvalue weighted by Gasteiger charge is -2.29. The van der Waals surface area contributed by atoms with Crippen LogP contribution in [-0.4, -0.2) is 0 Å². The lowest BCUT2D eigenvalue weighted by molar-refractivity contribution is 0.425. The molecule has 1 atom stereocenters. The zero-order valence-corrected chi connectivity index (χ0v) is 13.4. The van der Waals surface area contributed by atoms with E-state index in [0.29, 0.717) is 17.1 Å². The Morgan fingerprint density at radius 3 is 1.91 bits per heavy atom. The van der Waals surface area contributed by atoms with Crippen molar-refractivity contribution in [2.24, 2.45) is 0 Å². The Morgan fingerprint density at radius 1 is 0.773 bits per heavy atom. The molecule has 1 aliphatic rings. The summed E-state index contributed by atoms with van der Waals surface area (Å²) in [6.45, 7) is 6.67. The molecule has 0 saturated heterocycles. The highest BCUT2D eigenvalue weighted by Gasteiger charge is 2.47. The molecule has 1 unspecified atom stereocenters. The second-order valence-electron chi connectivity index (χ2n) is 7.31. The van der Waals surface area contributed by atoms with Crippen molar-refractivity contribution < 1.29 is 0 Å².